The lowest BCUT2D eigenvalue weighted by Crippen LogP contribution is -2.27. The van der Waals surface area contributed by atoms with Crippen LogP contribution in [0.3, 0.4) is 0 Å². The SMILES string of the molecule is Cc1ccc(-n2nc(C(=O)Nc3ccccc3)s/c2=N\NC(=O)c2cc3ccccc3oc2=O)cc1. The van der Waals surface area contributed by atoms with Gasteiger partial charge in [-0.05, 0) is 43.3 Å². The third-order valence-corrected chi connectivity index (χ3v) is 6.11. The highest BCUT2D eigenvalue weighted by Crippen LogP contribution is 2.14. The van der Waals surface area contributed by atoms with Crippen LogP contribution in [0.25, 0.3) is 16.7 Å². The second-order valence-electron chi connectivity index (χ2n) is 7.80. The standard InChI is InChI=1S/C26H19N5O4S/c1-16-11-13-19(14-12-16)31-26(36-24(30-31)23(33)27-18-8-3-2-4-9-18)29-28-22(32)20-15-17-7-5-6-10-21(17)35-25(20)34/h2-15H,1H3,(H,27,33)(H,28,32)/b29-26-. The molecule has 0 atom stereocenters. The molecule has 36 heavy (non-hydrogen) atoms. The molecule has 0 radical (unpaired) electrons. The second-order valence-corrected chi connectivity index (χ2v) is 8.75. The molecule has 0 bridgehead atoms. The van der Waals surface area contributed by atoms with Crippen LogP contribution < -0.4 is 21.2 Å². The number of aromatic nitrogens is 2. The molecule has 2 heterocycles. The van der Waals surface area contributed by atoms with Gasteiger partial charge in [-0.15, -0.1) is 10.2 Å². The highest BCUT2D eigenvalue weighted by molar-refractivity contribution is 7.11. The van der Waals surface area contributed by atoms with Crippen LogP contribution >= 0.6 is 11.3 Å². The molecule has 2 amide bonds. The van der Waals surface area contributed by atoms with E-state index in [1.165, 1.54) is 10.7 Å². The molecule has 2 N–H and O–H groups in total. The maximum absolute atomic E-state index is 12.8. The second kappa shape index (κ2) is 9.80. The molecular formula is C26H19N5O4S. The van der Waals surface area contributed by atoms with Gasteiger partial charge in [-0.2, -0.15) is 0 Å². The summed E-state index contributed by atoms with van der Waals surface area (Å²) in [6, 6.07) is 24.8. The molecule has 0 aliphatic rings. The summed E-state index contributed by atoms with van der Waals surface area (Å²) in [4.78, 5) is 38.2. The minimum absolute atomic E-state index is 0.137. The zero-order valence-corrected chi connectivity index (χ0v) is 19.8. The van der Waals surface area contributed by atoms with Crippen LogP contribution in [0, 0.1) is 6.92 Å². The van der Waals surface area contributed by atoms with Crippen LogP contribution in [-0.2, 0) is 0 Å². The van der Waals surface area contributed by atoms with E-state index in [0.29, 0.717) is 22.3 Å². The fraction of sp³-hybridized carbons (Fsp3) is 0.0385. The van der Waals surface area contributed by atoms with Gasteiger partial charge in [0.05, 0.1) is 5.69 Å². The van der Waals surface area contributed by atoms with Crippen LogP contribution in [-0.4, -0.2) is 21.6 Å². The smallest absolute Gasteiger partial charge is 0.349 e. The van der Waals surface area contributed by atoms with Gasteiger partial charge >= 0.3 is 5.63 Å². The van der Waals surface area contributed by atoms with Gasteiger partial charge in [-0.25, -0.2) is 14.9 Å². The number of hydrogen-bond acceptors (Lipinski definition) is 7. The van der Waals surface area contributed by atoms with E-state index in [0.717, 1.165) is 16.9 Å². The van der Waals surface area contributed by atoms with Gasteiger partial charge in [0.1, 0.15) is 11.1 Å². The van der Waals surface area contributed by atoms with Crippen molar-refractivity contribution in [1.82, 2.24) is 15.2 Å². The summed E-state index contributed by atoms with van der Waals surface area (Å²) < 4.78 is 6.69. The summed E-state index contributed by atoms with van der Waals surface area (Å²) in [6.07, 6.45) is 0. The minimum Gasteiger partial charge on any atom is -0.422 e. The van der Waals surface area contributed by atoms with Gasteiger partial charge in [0.25, 0.3) is 11.8 Å². The molecule has 9 nitrogen and oxygen atoms in total. The van der Waals surface area contributed by atoms with E-state index in [-0.39, 0.29) is 15.4 Å². The van der Waals surface area contributed by atoms with E-state index in [9.17, 15) is 14.4 Å². The molecule has 5 rings (SSSR count). The molecular weight excluding hydrogens is 478 g/mol. The number of rotatable bonds is 5. The summed E-state index contributed by atoms with van der Waals surface area (Å²) in [5, 5.41) is 12.1. The van der Waals surface area contributed by atoms with Crippen molar-refractivity contribution in [1.29, 1.82) is 0 Å². The van der Waals surface area contributed by atoms with Crippen LogP contribution in [0.5, 0.6) is 0 Å². The Morgan fingerprint density at radius 1 is 0.944 bits per heavy atom. The van der Waals surface area contributed by atoms with E-state index in [1.807, 2.05) is 49.4 Å². The fourth-order valence-electron chi connectivity index (χ4n) is 3.38. The first kappa shape index (κ1) is 22.9. The van der Waals surface area contributed by atoms with Crippen molar-refractivity contribution in [3.63, 3.8) is 0 Å². The Bertz CT molecular complexity index is 1700. The number of carbonyl (C=O) groups excluding carboxylic acids is 2. The highest BCUT2D eigenvalue weighted by Gasteiger charge is 2.17. The third kappa shape index (κ3) is 4.84. The molecule has 0 spiro atoms. The molecule has 5 aromatic rings. The summed E-state index contributed by atoms with van der Waals surface area (Å²) in [7, 11) is 0. The molecule has 0 aliphatic heterocycles. The average Bonchev–Trinajstić information content (AvgIpc) is 3.32. The number of anilines is 1. The van der Waals surface area contributed by atoms with Gasteiger partial charge < -0.3 is 9.73 Å². The number of benzene rings is 3. The number of aryl methyl sites for hydroxylation is 1. The number of hydrogen-bond donors (Lipinski definition) is 2. The Morgan fingerprint density at radius 3 is 2.44 bits per heavy atom. The molecule has 0 unspecified atom stereocenters. The van der Waals surface area contributed by atoms with Crippen LogP contribution in [0.15, 0.2) is 99.2 Å². The molecule has 3 aromatic carbocycles. The highest BCUT2D eigenvalue weighted by atomic mass is 32.1. The molecule has 0 saturated carbocycles. The Balaban J connectivity index is 1.50. The number of para-hydroxylation sites is 2. The Kier molecular flexibility index (Phi) is 6.25. The normalized spacial score (nSPS) is 11.4. The Labute approximate surface area is 208 Å². The van der Waals surface area contributed by atoms with E-state index in [4.69, 9.17) is 4.42 Å². The Morgan fingerprint density at radius 2 is 1.67 bits per heavy atom. The topological polar surface area (TPSA) is 119 Å². The van der Waals surface area contributed by atoms with Crippen molar-refractivity contribution in [2.75, 3.05) is 5.32 Å². The Hall–Kier alpha value is -4.83. The minimum atomic E-state index is -0.778. The first-order chi connectivity index (χ1) is 17.5. The van der Waals surface area contributed by atoms with Crippen molar-refractivity contribution in [2.24, 2.45) is 5.10 Å². The summed E-state index contributed by atoms with van der Waals surface area (Å²) in [6.45, 7) is 1.95. The number of fused-ring (bicyclic) bond motifs is 1. The van der Waals surface area contributed by atoms with E-state index in [1.54, 1.807) is 36.4 Å². The van der Waals surface area contributed by atoms with Gasteiger partial charge in [-0.3, -0.25) is 9.59 Å². The third-order valence-electron chi connectivity index (χ3n) is 5.20. The summed E-state index contributed by atoms with van der Waals surface area (Å²) in [5.74, 6) is -1.16. The average molecular weight is 498 g/mol. The van der Waals surface area contributed by atoms with Gasteiger partial charge in [-0.1, -0.05) is 65.4 Å². The van der Waals surface area contributed by atoms with Crippen molar-refractivity contribution in [3.05, 3.63) is 116 Å². The number of nitrogens with zero attached hydrogens (tertiary/aromatic N) is 3. The number of carbonyl (C=O) groups is 2. The zero-order chi connectivity index (χ0) is 25.1. The molecule has 10 heteroatoms. The number of amides is 2. The van der Waals surface area contributed by atoms with Crippen LogP contribution in [0.1, 0.15) is 25.7 Å². The number of nitrogens with one attached hydrogen (secondary N) is 2. The van der Waals surface area contributed by atoms with Crippen molar-refractivity contribution in [3.8, 4) is 5.69 Å². The largest absolute Gasteiger partial charge is 0.422 e. The van der Waals surface area contributed by atoms with E-state index >= 15 is 0 Å². The lowest BCUT2D eigenvalue weighted by Gasteiger charge is -2.03. The fourth-order valence-corrected chi connectivity index (χ4v) is 4.15. The van der Waals surface area contributed by atoms with Crippen LogP contribution in [0.2, 0.25) is 0 Å². The quantitative estimate of drug-likeness (QED) is 0.282. The van der Waals surface area contributed by atoms with Gasteiger partial charge in [0.15, 0.2) is 0 Å². The predicted octanol–water partition coefficient (Wildman–Crippen LogP) is 3.85. The van der Waals surface area contributed by atoms with Crippen molar-refractivity contribution < 1.29 is 14.0 Å². The zero-order valence-electron chi connectivity index (χ0n) is 19.0. The van der Waals surface area contributed by atoms with E-state index in [2.05, 4.69) is 20.9 Å². The van der Waals surface area contributed by atoms with Crippen molar-refractivity contribution >= 4 is 39.8 Å². The lowest BCUT2D eigenvalue weighted by molar-refractivity contribution is 0.0948. The van der Waals surface area contributed by atoms with Crippen LogP contribution in [0.4, 0.5) is 5.69 Å². The maximum atomic E-state index is 12.8. The molecule has 178 valence electrons. The lowest BCUT2D eigenvalue weighted by atomic mass is 10.2. The maximum Gasteiger partial charge on any atom is 0.349 e. The monoisotopic (exact) mass is 497 g/mol. The molecule has 0 fully saturated rings. The van der Waals surface area contributed by atoms with Gasteiger partial charge in [0.2, 0.25) is 9.81 Å². The predicted molar refractivity (Wildman–Crippen MR) is 136 cm³/mol. The molecule has 0 aliphatic carbocycles. The summed E-state index contributed by atoms with van der Waals surface area (Å²) in [5.41, 5.74) is 4.12. The first-order valence-electron chi connectivity index (χ1n) is 10.9. The first-order valence-corrected chi connectivity index (χ1v) is 11.7. The molecule has 2 aromatic heterocycles. The van der Waals surface area contributed by atoms with Gasteiger partial charge in [0, 0.05) is 11.1 Å². The van der Waals surface area contributed by atoms with Crippen molar-refractivity contribution in [2.45, 2.75) is 6.92 Å². The van der Waals surface area contributed by atoms with E-state index < -0.39 is 17.4 Å². The summed E-state index contributed by atoms with van der Waals surface area (Å²) >= 11 is 0.987. The molecule has 0 saturated heterocycles.